The number of nitrogens with zero attached hydrogens (tertiary/aromatic N) is 3. The molecular weight excluding hydrogens is 463 g/mol. The van der Waals surface area contributed by atoms with Gasteiger partial charge in [0, 0.05) is 32.6 Å². The van der Waals surface area contributed by atoms with Gasteiger partial charge in [0.1, 0.15) is 5.76 Å². The predicted octanol–water partition coefficient (Wildman–Crippen LogP) is 4.10. The molecule has 0 aliphatic carbocycles. The van der Waals surface area contributed by atoms with E-state index in [1.54, 1.807) is 6.26 Å². The first kappa shape index (κ1) is 21.2. The highest BCUT2D eigenvalue weighted by Crippen LogP contribution is 2.28. The molecule has 3 heterocycles. The zero-order valence-corrected chi connectivity index (χ0v) is 18.9. The SMILES string of the molecule is CN=C(NCC(c1ccco1)N1CCCC1)N1CCC(c2ccccc2)C1.I. The molecule has 2 aromatic rings. The van der Waals surface area contributed by atoms with Crippen molar-refractivity contribution in [3.05, 3.63) is 60.1 Å². The monoisotopic (exact) mass is 494 g/mol. The van der Waals surface area contributed by atoms with Gasteiger partial charge in [-0.15, -0.1) is 24.0 Å². The summed E-state index contributed by atoms with van der Waals surface area (Å²) in [4.78, 5) is 9.47. The predicted molar refractivity (Wildman–Crippen MR) is 124 cm³/mol. The van der Waals surface area contributed by atoms with Crippen LogP contribution in [0.5, 0.6) is 0 Å². The Morgan fingerprint density at radius 1 is 1.14 bits per heavy atom. The van der Waals surface area contributed by atoms with Gasteiger partial charge in [-0.1, -0.05) is 30.3 Å². The van der Waals surface area contributed by atoms with Crippen molar-refractivity contribution in [3.8, 4) is 0 Å². The van der Waals surface area contributed by atoms with Crippen molar-refractivity contribution in [1.29, 1.82) is 0 Å². The number of rotatable bonds is 5. The van der Waals surface area contributed by atoms with Crippen LogP contribution in [0.25, 0.3) is 0 Å². The second-order valence-electron chi connectivity index (χ2n) is 7.54. The van der Waals surface area contributed by atoms with Gasteiger partial charge in [0.2, 0.25) is 0 Å². The van der Waals surface area contributed by atoms with E-state index in [-0.39, 0.29) is 30.0 Å². The summed E-state index contributed by atoms with van der Waals surface area (Å²) in [5.41, 5.74) is 1.43. The summed E-state index contributed by atoms with van der Waals surface area (Å²) in [5, 5.41) is 3.62. The molecule has 4 rings (SSSR count). The molecule has 28 heavy (non-hydrogen) atoms. The Morgan fingerprint density at radius 2 is 1.93 bits per heavy atom. The molecule has 5 nitrogen and oxygen atoms in total. The van der Waals surface area contributed by atoms with Gasteiger partial charge in [-0.05, 0) is 50.0 Å². The Balaban J connectivity index is 0.00000225. The minimum absolute atomic E-state index is 0. The third-order valence-electron chi connectivity index (χ3n) is 5.88. The van der Waals surface area contributed by atoms with Crippen molar-refractivity contribution < 1.29 is 4.42 Å². The number of guanidine groups is 1. The molecule has 0 bridgehead atoms. The molecule has 1 aromatic heterocycles. The Morgan fingerprint density at radius 3 is 2.61 bits per heavy atom. The maximum absolute atomic E-state index is 5.74. The first-order valence-electron chi connectivity index (χ1n) is 10.1. The number of nitrogens with one attached hydrogen (secondary N) is 1. The summed E-state index contributed by atoms with van der Waals surface area (Å²) in [6, 6.07) is 15.2. The van der Waals surface area contributed by atoms with E-state index in [0.717, 1.165) is 44.4 Å². The summed E-state index contributed by atoms with van der Waals surface area (Å²) < 4.78 is 5.74. The highest BCUT2D eigenvalue weighted by atomic mass is 127. The molecule has 1 N–H and O–H groups in total. The fraction of sp³-hybridized carbons (Fsp3) is 0.500. The summed E-state index contributed by atoms with van der Waals surface area (Å²) in [5.74, 6) is 2.64. The first-order valence-corrected chi connectivity index (χ1v) is 10.1. The van der Waals surface area contributed by atoms with Crippen LogP contribution in [0.3, 0.4) is 0 Å². The second-order valence-corrected chi connectivity index (χ2v) is 7.54. The van der Waals surface area contributed by atoms with Crippen LogP contribution < -0.4 is 5.32 Å². The van der Waals surface area contributed by atoms with Gasteiger partial charge >= 0.3 is 0 Å². The van der Waals surface area contributed by atoms with Crippen LogP contribution in [0, 0.1) is 0 Å². The van der Waals surface area contributed by atoms with E-state index in [2.05, 4.69) is 56.5 Å². The van der Waals surface area contributed by atoms with E-state index >= 15 is 0 Å². The zero-order chi connectivity index (χ0) is 18.5. The van der Waals surface area contributed by atoms with Crippen molar-refractivity contribution in [1.82, 2.24) is 15.1 Å². The van der Waals surface area contributed by atoms with Crippen molar-refractivity contribution in [2.24, 2.45) is 4.99 Å². The highest BCUT2D eigenvalue weighted by molar-refractivity contribution is 14.0. The normalized spacial score (nSPS) is 21.5. The van der Waals surface area contributed by atoms with Gasteiger partial charge in [-0.2, -0.15) is 0 Å². The largest absolute Gasteiger partial charge is 0.468 e. The lowest BCUT2D eigenvalue weighted by Gasteiger charge is -2.28. The van der Waals surface area contributed by atoms with Gasteiger partial charge in [0.05, 0.1) is 12.3 Å². The van der Waals surface area contributed by atoms with Crippen LogP contribution in [0.1, 0.15) is 42.5 Å². The molecule has 0 spiro atoms. The Kier molecular flexibility index (Phi) is 7.79. The minimum atomic E-state index is 0. The number of benzene rings is 1. The van der Waals surface area contributed by atoms with Crippen LogP contribution in [0.2, 0.25) is 0 Å². The summed E-state index contributed by atoms with van der Waals surface area (Å²) in [7, 11) is 1.88. The van der Waals surface area contributed by atoms with Gasteiger partial charge in [-0.25, -0.2) is 0 Å². The standard InChI is InChI=1S/C22H30N4O.HI/c1-23-22(26-14-11-19(17-26)18-8-3-2-4-9-18)24-16-20(21-10-7-15-27-21)25-12-5-6-13-25;/h2-4,7-10,15,19-20H,5-6,11-14,16-17H2,1H3,(H,23,24);1H. The highest BCUT2D eigenvalue weighted by Gasteiger charge is 2.29. The third kappa shape index (κ3) is 4.89. The van der Waals surface area contributed by atoms with Crippen LogP contribution in [-0.2, 0) is 0 Å². The van der Waals surface area contributed by atoms with E-state index in [9.17, 15) is 0 Å². The average Bonchev–Trinajstić information content (AvgIpc) is 3.49. The maximum atomic E-state index is 5.74. The number of aliphatic imine (C=N–C) groups is 1. The molecule has 0 radical (unpaired) electrons. The van der Waals surface area contributed by atoms with Gasteiger partial charge in [-0.3, -0.25) is 9.89 Å². The van der Waals surface area contributed by atoms with E-state index in [1.165, 1.54) is 24.8 Å². The number of likely N-dealkylation sites (tertiary alicyclic amines) is 2. The Labute approximate surface area is 185 Å². The fourth-order valence-corrected chi connectivity index (χ4v) is 4.41. The molecular formula is C22H31IN4O. The summed E-state index contributed by atoms with van der Waals surface area (Å²) in [6.45, 7) is 5.19. The summed E-state index contributed by atoms with van der Waals surface area (Å²) in [6.07, 6.45) is 5.50. The number of halogens is 1. The van der Waals surface area contributed by atoms with Crippen molar-refractivity contribution in [2.45, 2.75) is 31.2 Å². The second kappa shape index (κ2) is 10.3. The molecule has 2 aliphatic rings. The van der Waals surface area contributed by atoms with E-state index in [4.69, 9.17) is 4.42 Å². The van der Waals surface area contributed by atoms with Gasteiger partial charge in [0.15, 0.2) is 5.96 Å². The minimum Gasteiger partial charge on any atom is -0.468 e. The van der Waals surface area contributed by atoms with E-state index in [1.807, 2.05) is 13.1 Å². The van der Waals surface area contributed by atoms with Gasteiger partial charge < -0.3 is 14.6 Å². The Hall–Kier alpha value is -1.54. The Bertz CT molecular complexity index is 728. The molecule has 1 aromatic carbocycles. The topological polar surface area (TPSA) is 44.0 Å². The maximum Gasteiger partial charge on any atom is 0.193 e. The van der Waals surface area contributed by atoms with Crippen molar-refractivity contribution >= 4 is 29.9 Å². The average molecular weight is 494 g/mol. The third-order valence-corrected chi connectivity index (χ3v) is 5.88. The quantitative estimate of drug-likeness (QED) is 0.386. The van der Waals surface area contributed by atoms with Crippen LogP contribution in [0.15, 0.2) is 58.1 Å². The molecule has 2 atom stereocenters. The van der Waals surface area contributed by atoms with Crippen LogP contribution in [-0.4, -0.2) is 55.5 Å². The lowest BCUT2D eigenvalue weighted by molar-refractivity contribution is 0.214. The van der Waals surface area contributed by atoms with Crippen LogP contribution in [0.4, 0.5) is 0 Å². The summed E-state index contributed by atoms with van der Waals surface area (Å²) >= 11 is 0. The molecule has 6 heteroatoms. The lowest BCUT2D eigenvalue weighted by atomic mass is 9.99. The van der Waals surface area contributed by atoms with E-state index in [0.29, 0.717) is 5.92 Å². The number of hydrogen-bond donors (Lipinski definition) is 1. The van der Waals surface area contributed by atoms with E-state index < -0.39 is 0 Å². The molecule has 152 valence electrons. The smallest absolute Gasteiger partial charge is 0.193 e. The zero-order valence-electron chi connectivity index (χ0n) is 16.6. The number of furan rings is 1. The molecule has 0 saturated carbocycles. The van der Waals surface area contributed by atoms with Crippen molar-refractivity contribution in [2.75, 3.05) is 39.8 Å². The lowest BCUT2D eigenvalue weighted by Crippen LogP contribution is -2.44. The first-order chi connectivity index (χ1) is 13.3. The fourth-order valence-electron chi connectivity index (χ4n) is 4.41. The van der Waals surface area contributed by atoms with Crippen LogP contribution >= 0.6 is 24.0 Å². The van der Waals surface area contributed by atoms with Crippen molar-refractivity contribution in [3.63, 3.8) is 0 Å². The molecule has 0 amide bonds. The molecule has 2 unspecified atom stereocenters. The molecule has 2 fully saturated rings. The number of hydrogen-bond acceptors (Lipinski definition) is 3. The molecule has 2 saturated heterocycles. The van der Waals surface area contributed by atoms with Gasteiger partial charge in [0.25, 0.3) is 0 Å². The molecule has 2 aliphatic heterocycles.